The fourth-order valence-electron chi connectivity index (χ4n) is 5.13. The van der Waals surface area contributed by atoms with Gasteiger partial charge in [0.15, 0.2) is 0 Å². The molecule has 1 aliphatic carbocycles. The Balaban J connectivity index is 1.28. The molecule has 5 heteroatoms. The number of likely N-dealkylation sites (tertiary alicyclic amines) is 3. The van der Waals surface area contributed by atoms with Gasteiger partial charge in [-0.1, -0.05) is 12.8 Å². The molecular weight excluding hydrogens is 326 g/mol. The Hall–Kier alpha value is -1.10. The van der Waals surface area contributed by atoms with Crippen LogP contribution in [0.1, 0.15) is 64.2 Å². The van der Waals surface area contributed by atoms with Crippen LogP contribution >= 0.6 is 0 Å². The number of amides is 2. The monoisotopic (exact) mass is 361 g/mol. The van der Waals surface area contributed by atoms with Crippen LogP contribution in [0.5, 0.6) is 0 Å². The Labute approximate surface area is 158 Å². The molecule has 0 N–H and O–H groups in total. The van der Waals surface area contributed by atoms with Gasteiger partial charge in [-0.3, -0.25) is 14.5 Å². The van der Waals surface area contributed by atoms with E-state index < -0.39 is 0 Å². The van der Waals surface area contributed by atoms with Gasteiger partial charge in [0.25, 0.3) is 0 Å². The number of nitrogens with zero attached hydrogens (tertiary/aromatic N) is 3. The van der Waals surface area contributed by atoms with Gasteiger partial charge in [-0.25, -0.2) is 0 Å². The third kappa shape index (κ3) is 4.24. The lowest BCUT2D eigenvalue weighted by Crippen LogP contribution is -2.52. The van der Waals surface area contributed by atoms with Crippen molar-refractivity contribution < 1.29 is 9.59 Å². The number of carbonyl (C=O) groups is 2. The fourth-order valence-corrected chi connectivity index (χ4v) is 5.13. The Bertz CT molecular complexity index is 503. The Morgan fingerprint density at radius 1 is 0.577 bits per heavy atom. The molecule has 4 aliphatic rings. The normalized spacial score (nSPS) is 29.5. The second-order valence-electron chi connectivity index (χ2n) is 8.90. The van der Waals surface area contributed by atoms with E-state index in [1.807, 2.05) is 0 Å². The molecule has 0 unspecified atom stereocenters. The standard InChI is InChI=1S/C21H35N3O2/c25-20(17-7-8-17)23-14-9-19(10-15-23)24-13-5-6-18(16-24)21(26)22-11-3-1-2-4-12-22/h17-19H,1-16H2/t18-/m0/s1. The molecule has 0 radical (unpaired) electrons. The molecule has 1 atom stereocenters. The zero-order chi connectivity index (χ0) is 17.9. The Kier molecular flexibility index (Phi) is 5.82. The van der Waals surface area contributed by atoms with Gasteiger partial charge in [0, 0.05) is 44.7 Å². The summed E-state index contributed by atoms with van der Waals surface area (Å²) in [4.78, 5) is 32.1. The smallest absolute Gasteiger partial charge is 0.226 e. The van der Waals surface area contributed by atoms with Crippen LogP contribution in [0.4, 0.5) is 0 Å². The average Bonchev–Trinajstić information content (AvgIpc) is 3.54. The summed E-state index contributed by atoms with van der Waals surface area (Å²) in [5, 5.41) is 0. The molecule has 3 heterocycles. The zero-order valence-electron chi connectivity index (χ0n) is 16.2. The van der Waals surface area contributed by atoms with Crippen LogP contribution in [0.15, 0.2) is 0 Å². The molecule has 5 nitrogen and oxygen atoms in total. The van der Waals surface area contributed by atoms with E-state index in [0.717, 1.165) is 77.8 Å². The molecule has 0 bridgehead atoms. The van der Waals surface area contributed by atoms with Gasteiger partial charge in [0.05, 0.1) is 5.92 Å². The van der Waals surface area contributed by atoms with Crippen molar-refractivity contribution in [3.8, 4) is 0 Å². The lowest BCUT2D eigenvalue weighted by Gasteiger charge is -2.42. The van der Waals surface area contributed by atoms with Gasteiger partial charge in [-0.05, 0) is 57.9 Å². The van der Waals surface area contributed by atoms with Gasteiger partial charge in [-0.2, -0.15) is 0 Å². The molecule has 4 fully saturated rings. The van der Waals surface area contributed by atoms with E-state index in [0.29, 0.717) is 23.8 Å². The minimum absolute atomic E-state index is 0.202. The maximum absolute atomic E-state index is 13.0. The zero-order valence-corrected chi connectivity index (χ0v) is 16.2. The van der Waals surface area contributed by atoms with Crippen LogP contribution in [0, 0.1) is 11.8 Å². The molecule has 4 rings (SSSR count). The second-order valence-corrected chi connectivity index (χ2v) is 8.90. The number of carbonyl (C=O) groups excluding carboxylic acids is 2. The van der Waals surface area contributed by atoms with Gasteiger partial charge >= 0.3 is 0 Å². The lowest BCUT2D eigenvalue weighted by atomic mass is 9.92. The van der Waals surface area contributed by atoms with Gasteiger partial charge in [0.1, 0.15) is 0 Å². The van der Waals surface area contributed by atoms with Gasteiger partial charge in [-0.15, -0.1) is 0 Å². The van der Waals surface area contributed by atoms with Crippen molar-refractivity contribution in [1.82, 2.24) is 14.7 Å². The first kappa shape index (κ1) is 18.3. The number of hydrogen-bond donors (Lipinski definition) is 0. The predicted octanol–water partition coefficient (Wildman–Crippen LogP) is 2.50. The molecule has 146 valence electrons. The summed E-state index contributed by atoms with van der Waals surface area (Å²) < 4.78 is 0. The van der Waals surface area contributed by atoms with Crippen LogP contribution in [0.25, 0.3) is 0 Å². The first-order valence-electron chi connectivity index (χ1n) is 11.0. The van der Waals surface area contributed by atoms with E-state index in [-0.39, 0.29) is 5.92 Å². The molecule has 0 spiro atoms. The topological polar surface area (TPSA) is 43.9 Å². The van der Waals surface area contributed by atoms with E-state index in [4.69, 9.17) is 0 Å². The molecular formula is C21H35N3O2. The molecule has 1 saturated carbocycles. The van der Waals surface area contributed by atoms with Crippen molar-refractivity contribution in [2.45, 2.75) is 70.3 Å². The average molecular weight is 362 g/mol. The Morgan fingerprint density at radius 2 is 1.19 bits per heavy atom. The van der Waals surface area contributed by atoms with E-state index >= 15 is 0 Å². The van der Waals surface area contributed by atoms with Gasteiger partial charge in [0.2, 0.25) is 11.8 Å². The van der Waals surface area contributed by atoms with Gasteiger partial charge < -0.3 is 9.80 Å². The minimum Gasteiger partial charge on any atom is -0.342 e. The highest BCUT2D eigenvalue weighted by atomic mass is 16.2. The first-order valence-corrected chi connectivity index (χ1v) is 11.0. The quantitative estimate of drug-likeness (QED) is 0.776. The summed E-state index contributed by atoms with van der Waals surface area (Å²) in [6.45, 7) is 5.85. The number of piperidine rings is 2. The van der Waals surface area contributed by atoms with E-state index in [1.54, 1.807) is 0 Å². The van der Waals surface area contributed by atoms with Crippen LogP contribution in [-0.2, 0) is 9.59 Å². The SMILES string of the molecule is O=C(C1CC1)N1CCC(N2CCC[C@H](C(=O)N3CCCCCC3)C2)CC1. The van der Waals surface area contributed by atoms with Crippen molar-refractivity contribution in [2.24, 2.45) is 11.8 Å². The summed E-state index contributed by atoms with van der Waals surface area (Å²) in [6.07, 6.45) is 11.5. The summed E-state index contributed by atoms with van der Waals surface area (Å²) in [5.41, 5.74) is 0. The second kappa shape index (κ2) is 8.28. The summed E-state index contributed by atoms with van der Waals surface area (Å²) >= 11 is 0. The van der Waals surface area contributed by atoms with Crippen LogP contribution < -0.4 is 0 Å². The third-order valence-electron chi connectivity index (χ3n) is 6.94. The van der Waals surface area contributed by atoms with Crippen molar-refractivity contribution in [1.29, 1.82) is 0 Å². The Morgan fingerprint density at radius 3 is 1.85 bits per heavy atom. The summed E-state index contributed by atoms with van der Waals surface area (Å²) in [5.74, 6) is 1.36. The van der Waals surface area contributed by atoms with Crippen molar-refractivity contribution in [3.05, 3.63) is 0 Å². The van der Waals surface area contributed by atoms with Crippen LogP contribution in [0.3, 0.4) is 0 Å². The minimum atomic E-state index is 0.202. The lowest BCUT2D eigenvalue weighted by molar-refractivity contribution is -0.138. The maximum Gasteiger partial charge on any atom is 0.226 e. The molecule has 3 aliphatic heterocycles. The summed E-state index contributed by atoms with van der Waals surface area (Å²) in [6, 6.07) is 0.568. The molecule has 0 aromatic rings. The molecule has 0 aromatic carbocycles. The van der Waals surface area contributed by atoms with Crippen molar-refractivity contribution in [2.75, 3.05) is 39.3 Å². The van der Waals surface area contributed by atoms with E-state index in [2.05, 4.69) is 14.7 Å². The van der Waals surface area contributed by atoms with Crippen LogP contribution in [0.2, 0.25) is 0 Å². The molecule has 0 aromatic heterocycles. The summed E-state index contributed by atoms with van der Waals surface area (Å²) in [7, 11) is 0. The van der Waals surface area contributed by atoms with E-state index in [9.17, 15) is 9.59 Å². The first-order chi connectivity index (χ1) is 12.7. The fraction of sp³-hybridized carbons (Fsp3) is 0.905. The van der Waals surface area contributed by atoms with Crippen molar-refractivity contribution in [3.63, 3.8) is 0 Å². The maximum atomic E-state index is 13.0. The molecule has 3 saturated heterocycles. The highest BCUT2D eigenvalue weighted by molar-refractivity contribution is 5.81. The number of hydrogen-bond acceptors (Lipinski definition) is 3. The largest absolute Gasteiger partial charge is 0.342 e. The molecule has 2 amide bonds. The van der Waals surface area contributed by atoms with Crippen LogP contribution in [-0.4, -0.2) is 71.8 Å². The molecule has 26 heavy (non-hydrogen) atoms. The predicted molar refractivity (Wildman–Crippen MR) is 102 cm³/mol. The third-order valence-corrected chi connectivity index (χ3v) is 6.94. The van der Waals surface area contributed by atoms with E-state index in [1.165, 1.54) is 25.7 Å². The highest BCUT2D eigenvalue weighted by Crippen LogP contribution is 2.33. The number of rotatable bonds is 3. The highest BCUT2D eigenvalue weighted by Gasteiger charge is 2.37. The van der Waals surface area contributed by atoms with Crippen molar-refractivity contribution >= 4 is 11.8 Å².